The molecule has 0 aromatic rings. The van der Waals surface area contributed by atoms with Crippen LogP contribution in [0.4, 0.5) is 13.2 Å². The summed E-state index contributed by atoms with van der Waals surface area (Å²) < 4.78 is 37.1. The number of halogens is 3. The van der Waals surface area contributed by atoms with Crippen molar-refractivity contribution in [2.45, 2.75) is 58.9 Å². The molecule has 0 fully saturated rings. The second kappa shape index (κ2) is 4.31. The third kappa shape index (κ3) is 3.55. The number of hydrogen-bond donors (Lipinski definition) is 0. The van der Waals surface area contributed by atoms with Gasteiger partial charge in [0.15, 0.2) is 0 Å². The number of rotatable bonds is 3. The first kappa shape index (κ1) is 12.8. The summed E-state index contributed by atoms with van der Waals surface area (Å²) in [5, 5.41) is 0. The third-order valence-electron chi connectivity index (χ3n) is 2.11. The van der Waals surface area contributed by atoms with Crippen molar-refractivity contribution < 1.29 is 13.2 Å². The third-order valence-corrected chi connectivity index (χ3v) is 2.11. The summed E-state index contributed by atoms with van der Waals surface area (Å²) in [6.45, 7) is 8.33. The molecule has 0 rings (SSSR count). The smallest absolute Gasteiger partial charge is 0.288 e. The van der Waals surface area contributed by atoms with Crippen molar-refractivity contribution in [3.63, 3.8) is 0 Å². The molecule has 0 aliphatic rings. The maximum Gasteiger partial charge on any atom is 0.403 e. The van der Waals surface area contributed by atoms with Gasteiger partial charge in [0.25, 0.3) is 0 Å². The molecule has 0 aromatic carbocycles. The highest BCUT2D eigenvalue weighted by Crippen LogP contribution is 2.27. The maximum absolute atomic E-state index is 12.4. The van der Waals surface area contributed by atoms with Gasteiger partial charge in [-0.3, -0.25) is 4.90 Å². The Morgan fingerprint density at radius 1 is 0.846 bits per heavy atom. The van der Waals surface area contributed by atoms with E-state index in [1.807, 2.05) is 0 Å². The van der Waals surface area contributed by atoms with E-state index in [-0.39, 0.29) is 12.1 Å². The molecule has 4 heteroatoms. The molecule has 0 bridgehead atoms. The second-order valence-corrected chi connectivity index (χ2v) is 3.85. The van der Waals surface area contributed by atoms with E-state index in [1.165, 1.54) is 11.8 Å². The van der Waals surface area contributed by atoms with Gasteiger partial charge in [0, 0.05) is 12.1 Å². The van der Waals surface area contributed by atoms with Crippen LogP contribution in [0.5, 0.6) is 0 Å². The average Bonchev–Trinajstić information content (AvgIpc) is 1.82. The topological polar surface area (TPSA) is 3.24 Å². The fourth-order valence-corrected chi connectivity index (χ4v) is 1.66. The molecule has 0 aromatic heterocycles. The molecule has 0 aliphatic carbocycles. The predicted molar refractivity (Wildman–Crippen MR) is 47.6 cm³/mol. The molecule has 0 aliphatic heterocycles. The van der Waals surface area contributed by atoms with Crippen molar-refractivity contribution in [1.29, 1.82) is 0 Å². The normalized spacial score (nSPS) is 15.9. The molecule has 0 saturated carbocycles. The summed E-state index contributed by atoms with van der Waals surface area (Å²) in [4.78, 5) is 1.46. The van der Waals surface area contributed by atoms with Crippen molar-refractivity contribution in [3.8, 4) is 0 Å². The van der Waals surface area contributed by atoms with Crippen molar-refractivity contribution in [2.75, 3.05) is 0 Å². The molecular formula is C9H18F3N. The molecule has 80 valence electrons. The lowest BCUT2D eigenvalue weighted by molar-refractivity contribution is -0.188. The second-order valence-electron chi connectivity index (χ2n) is 3.85. The molecule has 1 unspecified atom stereocenters. The lowest BCUT2D eigenvalue weighted by Gasteiger charge is -2.37. The van der Waals surface area contributed by atoms with Crippen LogP contribution in [-0.4, -0.2) is 29.2 Å². The van der Waals surface area contributed by atoms with Crippen LogP contribution in [0.3, 0.4) is 0 Å². The standard InChI is InChI=1S/C9H18F3N/c1-6(2)13(7(3)4)8(5)9(10,11)12/h6-8H,1-5H3. The van der Waals surface area contributed by atoms with Crippen LogP contribution in [0, 0.1) is 0 Å². The first-order valence-electron chi connectivity index (χ1n) is 4.52. The summed E-state index contributed by atoms with van der Waals surface area (Å²) in [5.41, 5.74) is 0. The highest BCUT2D eigenvalue weighted by Gasteiger charge is 2.41. The Kier molecular flexibility index (Phi) is 4.23. The van der Waals surface area contributed by atoms with Gasteiger partial charge in [0.2, 0.25) is 0 Å². The highest BCUT2D eigenvalue weighted by molar-refractivity contribution is 4.79. The molecule has 0 amide bonds. The average molecular weight is 197 g/mol. The molecule has 0 heterocycles. The molecule has 0 spiro atoms. The van der Waals surface area contributed by atoms with Crippen LogP contribution < -0.4 is 0 Å². The zero-order valence-corrected chi connectivity index (χ0v) is 8.81. The molecule has 13 heavy (non-hydrogen) atoms. The van der Waals surface area contributed by atoms with Gasteiger partial charge in [-0.2, -0.15) is 13.2 Å². The van der Waals surface area contributed by atoms with E-state index in [4.69, 9.17) is 0 Å². The van der Waals surface area contributed by atoms with E-state index in [0.29, 0.717) is 0 Å². The number of hydrogen-bond acceptors (Lipinski definition) is 1. The first-order chi connectivity index (χ1) is 5.68. The first-order valence-corrected chi connectivity index (χ1v) is 4.52. The zero-order chi connectivity index (χ0) is 10.8. The Hall–Kier alpha value is -0.250. The van der Waals surface area contributed by atoms with E-state index in [2.05, 4.69) is 0 Å². The van der Waals surface area contributed by atoms with Crippen LogP contribution in [0.2, 0.25) is 0 Å². The van der Waals surface area contributed by atoms with Gasteiger partial charge in [-0.1, -0.05) is 0 Å². The Labute approximate surface area is 77.9 Å². The minimum atomic E-state index is -4.13. The Bertz CT molecular complexity index is 143. The van der Waals surface area contributed by atoms with E-state index in [9.17, 15) is 13.2 Å². The Balaban J connectivity index is 4.56. The van der Waals surface area contributed by atoms with Crippen molar-refractivity contribution in [2.24, 2.45) is 0 Å². The van der Waals surface area contributed by atoms with Crippen molar-refractivity contribution >= 4 is 0 Å². The van der Waals surface area contributed by atoms with Crippen LogP contribution in [0.25, 0.3) is 0 Å². The van der Waals surface area contributed by atoms with Gasteiger partial charge >= 0.3 is 6.18 Å². The summed E-state index contributed by atoms with van der Waals surface area (Å²) in [5.74, 6) is 0. The molecular weight excluding hydrogens is 179 g/mol. The number of nitrogens with zero attached hydrogens (tertiary/aromatic N) is 1. The number of alkyl halides is 3. The predicted octanol–water partition coefficient (Wildman–Crippen LogP) is 3.06. The largest absolute Gasteiger partial charge is 0.403 e. The molecule has 1 nitrogen and oxygen atoms in total. The molecule has 1 atom stereocenters. The fourth-order valence-electron chi connectivity index (χ4n) is 1.66. The van der Waals surface area contributed by atoms with Gasteiger partial charge in [-0.05, 0) is 34.6 Å². The Morgan fingerprint density at radius 2 is 1.15 bits per heavy atom. The van der Waals surface area contributed by atoms with Crippen LogP contribution in [-0.2, 0) is 0 Å². The molecule has 0 N–H and O–H groups in total. The van der Waals surface area contributed by atoms with Gasteiger partial charge < -0.3 is 0 Å². The van der Waals surface area contributed by atoms with Crippen LogP contribution in [0.1, 0.15) is 34.6 Å². The van der Waals surface area contributed by atoms with Crippen LogP contribution in [0.15, 0.2) is 0 Å². The molecule has 0 saturated heterocycles. The van der Waals surface area contributed by atoms with E-state index in [1.54, 1.807) is 27.7 Å². The summed E-state index contributed by atoms with van der Waals surface area (Å²) in [6.07, 6.45) is -4.13. The van der Waals surface area contributed by atoms with Gasteiger partial charge in [0.1, 0.15) is 6.04 Å². The quantitative estimate of drug-likeness (QED) is 0.672. The summed E-state index contributed by atoms with van der Waals surface area (Å²) >= 11 is 0. The highest BCUT2D eigenvalue weighted by atomic mass is 19.4. The zero-order valence-electron chi connectivity index (χ0n) is 8.81. The SMILES string of the molecule is CC(C)N(C(C)C)C(C)C(F)(F)F. The minimum absolute atomic E-state index is 0.0865. The lowest BCUT2D eigenvalue weighted by Crippen LogP contribution is -2.50. The van der Waals surface area contributed by atoms with Gasteiger partial charge in [-0.25, -0.2) is 0 Å². The monoisotopic (exact) mass is 197 g/mol. The van der Waals surface area contributed by atoms with Crippen LogP contribution >= 0.6 is 0 Å². The molecule has 0 radical (unpaired) electrons. The van der Waals surface area contributed by atoms with Gasteiger partial charge in [0.05, 0.1) is 0 Å². The Morgan fingerprint density at radius 3 is 1.23 bits per heavy atom. The van der Waals surface area contributed by atoms with E-state index in [0.717, 1.165) is 0 Å². The maximum atomic E-state index is 12.4. The minimum Gasteiger partial charge on any atom is -0.288 e. The van der Waals surface area contributed by atoms with Gasteiger partial charge in [-0.15, -0.1) is 0 Å². The summed E-state index contributed by atoms with van der Waals surface area (Å²) in [6, 6.07) is -1.54. The lowest BCUT2D eigenvalue weighted by atomic mass is 10.1. The van der Waals surface area contributed by atoms with Crippen molar-refractivity contribution in [1.82, 2.24) is 4.90 Å². The van der Waals surface area contributed by atoms with Crippen molar-refractivity contribution in [3.05, 3.63) is 0 Å². The van der Waals surface area contributed by atoms with E-state index < -0.39 is 12.2 Å². The fraction of sp³-hybridized carbons (Fsp3) is 1.00. The summed E-state index contributed by atoms with van der Waals surface area (Å²) in [7, 11) is 0. The van der Waals surface area contributed by atoms with E-state index >= 15 is 0 Å².